The van der Waals surface area contributed by atoms with Crippen LogP contribution in [0.15, 0.2) is 40.9 Å². The average Bonchev–Trinajstić information content (AvgIpc) is 2.73. The number of carbonyl (C=O) groups is 2. The van der Waals surface area contributed by atoms with Crippen LogP contribution in [0.2, 0.25) is 0 Å². The van der Waals surface area contributed by atoms with E-state index in [2.05, 4.69) is 31.9 Å². The molecule has 2 amide bonds. The number of halogens is 1. The zero-order valence-corrected chi connectivity index (χ0v) is 19.3. The number of amides is 2. The van der Waals surface area contributed by atoms with Gasteiger partial charge in [-0.1, -0.05) is 13.3 Å². The van der Waals surface area contributed by atoms with Crippen LogP contribution >= 0.6 is 28.1 Å². The molecule has 0 saturated carbocycles. The van der Waals surface area contributed by atoms with E-state index in [1.165, 1.54) is 19.2 Å². The molecule has 31 heavy (non-hydrogen) atoms. The lowest BCUT2D eigenvalue weighted by Crippen LogP contribution is -2.34. The van der Waals surface area contributed by atoms with Gasteiger partial charge < -0.3 is 15.4 Å². The largest absolute Gasteiger partial charge is 0.494 e. The fraction of sp³-hybridized carbons (Fsp3) is 0.250. The second kappa shape index (κ2) is 11.4. The van der Waals surface area contributed by atoms with Crippen molar-refractivity contribution in [2.24, 2.45) is 0 Å². The smallest absolute Gasteiger partial charge is 0.270 e. The summed E-state index contributed by atoms with van der Waals surface area (Å²) in [5.74, 6) is -0.295. The van der Waals surface area contributed by atoms with E-state index in [4.69, 9.17) is 17.0 Å². The number of nitrogens with zero attached hydrogens (tertiary/aromatic N) is 1. The van der Waals surface area contributed by atoms with E-state index < -0.39 is 10.8 Å². The van der Waals surface area contributed by atoms with E-state index in [0.29, 0.717) is 28.0 Å². The SMILES string of the molecule is CCCCC(=O)Nc1ccc(NC(=S)NC(=O)c2cc([N+](=O)[O-])ccc2Br)cc1OC. The molecule has 11 heteroatoms. The zero-order valence-electron chi connectivity index (χ0n) is 16.9. The van der Waals surface area contributed by atoms with E-state index in [0.717, 1.165) is 18.9 Å². The monoisotopic (exact) mass is 508 g/mol. The number of nitro groups is 1. The molecule has 9 nitrogen and oxygen atoms in total. The van der Waals surface area contributed by atoms with Crippen molar-refractivity contribution in [3.63, 3.8) is 0 Å². The number of carbonyl (C=O) groups excluding carboxylic acids is 2. The number of ether oxygens (including phenoxy) is 1. The maximum Gasteiger partial charge on any atom is 0.270 e. The van der Waals surface area contributed by atoms with Gasteiger partial charge in [0.05, 0.1) is 23.3 Å². The summed E-state index contributed by atoms with van der Waals surface area (Å²) in [6.45, 7) is 2.01. The lowest BCUT2D eigenvalue weighted by atomic mass is 10.2. The van der Waals surface area contributed by atoms with Crippen LogP contribution in [0.4, 0.5) is 17.1 Å². The van der Waals surface area contributed by atoms with Gasteiger partial charge in [-0.05, 0) is 52.8 Å². The van der Waals surface area contributed by atoms with Gasteiger partial charge in [-0.25, -0.2) is 0 Å². The fourth-order valence-corrected chi connectivity index (χ4v) is 3.19. The Kier molecular flexibility index (Phi) is 8.88. The van der Waals surface area contributed by atoms with Gasteiger partial charge in [0.1, 0.15) is 5.75 Å². The number of methoxy groups -OCH3 is 1. The van der Waals surface area contributed by atoms with Crippen LogP contribution in [-0.2, 0) is 4.79 Å². The van der Waals surface area contributed by atoms with Crippen molar-refractivity contribution in [2.45, 2.75) is 26.2 Å². The summed E-state index contributed by atoms with van der Waals surface area (Å²) in [7, 11) is 1.47. The predicted molar refractivity (Wildman–Crippen MR) is 126 cm³/mol. The topological polar surface area (TPSA) is 123 Å². The number of rotatable bonds is 8. The highest BCUT2D eigenvalue weighted by molar-refractivity contribution is 9.10. The summed E-state index contributed by atoms with van der Waals surface area (Å²) in [6, 6.07) is 8.80. The zero-order chi connectivity index (χ0) is 23.0. The maximum atomic E-state index is 12.5. The molecule has 0 radical (unpaired) electrons. The van der Waals surface area contributed by atoms with Gasteiger partial charge in [-0.15, -0.1) is 0 Å². The molecule has 2 aromatic carbocycles. The lowest BCUT2D eigenvalue weighted by Gasteiger charge is -2.14. The number of hydrogen-bond donors (Lipinski definition) is 3. The van der Waals surface area contributed by atoms with Gasteiger partial charge in [0.25, 0.3) is 11.6 Å². The van der Waals surface area contributed by atoms with Gasteiger partial charge in [0, 0.05) is 34.8 Å². The molecular formula is C20H21BrN4O5S. The quantitative estimate of drug-likeness (QED) is 0.270. The maximum absolute atomic E-state index is 12.5. The molecule has 0 unspecified atom stereocenters. The molecular weight excluding hydrogens is 488 g/mol. The molecule has 0 aliphatic heterocycles. The van der Waals surface area contributed by atoms with Crippen molar-refractivity contribution in [3.05, 3.63) is 56.5 Å². The molecule has 0 atom stereocenters. The highest BCUT2D eigenvalue weighted by Crippen LogP contribution is 2.28. The fourth-order valence-electron chi connectivity index (χ4n) is 2.56. The average molecular weight is 509 g/mol. The summed E-state index contributed by atoms with van der Waals surface area (Å²) >= 11 is 8.37. The van der Waals surface area contributed by atoms with Crippen LogP contribution in [0.1, 0.15) is 36.5 Å². The number of hydrogen-bond acceptors (Lipinski definition) is 6. The number of nitro benzene ring substituents is 1. The molecule has 2 aromatic rings. The predicted octanol–water partition coefficient (Wildman–Crippen LogP) is 4.62. The van der Waals surface area contributed by atoms with Crippen LogP contribution in [0.3, 0.4) is 0 Å². The normalized spacial score (nSPS) is 10.2. The van der Waals surface area contributed by atoms with Crippen LogP contribution in [0.25, 0.3) is 0 Å². The Morgan fingerprint density at radius 2 is 1.94 bits per heavy atom. The molecule has 164 valence electrons. The van der Waals surface area contributed by atoms with Gasteiger partial charge in [0.2, 0.25) is 5.91 Å². The summed E-state index contributed by atoms with van der Waals surface area (Å²) < 4.78 is 5.71. The first-order valence-corrected chi connectivity index (χ1v) is 10.5. The summed E-state index contributed by atoms with van der Waals surface area (Å²) in [5, 5.41) is 19.1. The first-order valence-electron chi connectivity index (χ1n) is 9.29. The number of nitrogens with one attached hydrogen (secondary N) is 3. The number of anilines is 2. The first kappa shape index (κ1) is 24.2. The molecule has 0 aromatic heterocycles. The summed E-state index contributed by atoms with van der Waals surface area (Å²) in [6.07, 6.45) is 2.13. The third-order valence-electron chi connectivity index (χ3n) is 4.12. The van der Waals surface area contributed by atoms with E-state index in [9.17, 15) is 19.7 Å². The van der Waals surface area contributed by atoms with Crippen molar-refractivity contribution < 1.29 is 19.2 Å². The minimum atomic E-state index is -0.611. The van der Waals surface area contributed by atoms with Gasteiger partial charge >= 0.3 is 0 Å². The Morgan fingerprint density at radius 1 is 1.19 bits per heavy atom. The molecule has 0 heterocycles. The lowest BCUT2D eigenvalue weighted by molar-refractivity contribution is -0.384. The Bertz CT molecular complexity index is 1020. The first-order chi connectivity index (χ1) is 14.7. The number of benzene rings is 2. The molecule has 0 fully saturated rings. The van der Waals surface area contributed by atoms with Gasteiger partial charge in [0.15, 0.2) is 5.11 Å². The number of non-ortho nitro benzene ring substituents is 1. The molecule has 0 bridgehead atoms. The van der Waals surface area contributed by atoms with E-state index in [1.807, 2.05) is 6.92 Å². The second-order valence-electron chi connectivity index (χ2n) is 6.40. The Balaban J connectivity index is 2.06. The minimum Gasteiger partial charge on any atom is -0.494 e. The third kappa shape index (κ3) is 7.00. The Hall–Kier alpha value is -3.05. The molecule has 0 aliphatic carbocycles. The van der Waals surface area contributed by atoms with E-state index in [1.54, 1.807) is 18.2 Å². The minimum absolute atomic E-state index is 0.00908. The van der Waals surface area contributed by atoms with Crippen molar-refractivity contribution in [1.82, 2.24) is 5.32 Å². The Labute approximate surface area is 192 Å². The number of unbranched alkanes of at least 4 members (excludes halogenated alkanes) is 1. The molecule has 0 spiro atoms. The van der Waals surface area contributed by atoms with Crippen molar-refractivity contribution >= 4 is 62.1 Å². The van der Waals surface area contributed by atoms with Crippen molar-refractivity contribution in [3.8, 4) is 5.75 Å². The Morgan fingerprint density at radius 3 is 2.58 bits per heavy atom. The summed E-state index contributed by atoms with van der Waals surface area (Å²) in [5.41, 5.74) is 0.894. The van der Waals surface area contributed by atoms with Crippen LogP contribution in [-0.4, -0.2) is 29.0 Å². The van der Waals surface area contributed by atoms with Crippen LogP contribution < -0.4 is 20.7 Å². The third-order valence-corrected chi connectivity index (χ3v) is 5.02. The van der Waals surface area contributed by atoms with Crippen LogP contribution in [0, 0.1) is 10.1 Å². The van der Waals surface area contributed by atoms with E-state index in [-0.39, 0.29) is 22.3 Å². The van der Waals surface area contributed by atoms with Crippen molar-refractivity contribution in [1.29, 1.82) is 0 Å². The molecule has 0 aliphatic rings. The van der Waals surface area contributed by atoms with Gasteiger partial charge in [-0.3, -0.25) is 25.0 Å². The highest BCUT2D eigenvalue weighted by Gasteiger charge is 2.17. The molecule has 0 saturated heterocycles. The standard InChI is InChI=1S/C20H21BrN4O5S/c1-3-4-5-18(26)23-16-9-6-12(10-17(16)30-2)22-20(31)24-19(27)14-11-13(25(28)29)7-8-15(14)21/h6-11H,3-5H2,1-2H3,(H,23,26)(H2,22,24,27,31). The van der Waals surface area contributed by atoms with Crippen LogP contribution in [0.5, 0.6) is 5.75 Å². The molecule has 2 rings (SSSR count). The van der Waals surface area contributed by atoms with E-state index >= 15 is 0 Å². The highest BCUT2D eigenvalue weighted by atomic mass is 79.9. The molecule has 3 N–H and O–H groups in total. The van der Waals surface area contributed by atoms with Gasteiger partial charge in [-0.2, -0.15) is 0 Å². The summed E-state index contributed by atoms with van der Waals surface area (Å²) in [4.78, 5) is 34.8. The second-order valence-corrected chi connectivity index (χ2v) is 7.66. The van der Waals surface area contributed by atoms with Crippen molar-refractivity contribution in [2.75, 3.05) is 17.7 Å². The number of thiocarbonyl (C=S) groups is 1.